The van der Waals surface area contributed by atoms with Gasteiger partial charge in [0, 0.05) is 18.8 Å². The van der Waals surface area contributed by atoms with E-state index in [9.17, 15) is 14.4 Å². The molecular weight excluding hydrogens is 422 g/mol. The lowest BCUT2D eigenvalue weighted by atomic mass is 10.1. The summed E-state index contributed by atoms with van der Waals surface area (Å²) in [4.78, 5) is 31.9. The number of aliphatic hydroxyl groups is 1. The van der Waals surface area contributed by atoms with Crippen LogP contribution in [0.5, 0.6) is 0 Å². The highest BCUT2D eigenvalue weighted by Gasteiger charge is 2.28. The normalized spacial score (nSPS) is 19.9. The number of rotatable bonds is 6. The molecule has 0 aromatic heterocycles. The summed E-state index contributed by atoms with van der Waals surface area (Å²) < 4.78 is 5.57. The zero-order valence-electron chi connectivity index (χ0n) is 19.3. The molecule has 11 nitrogen and oxygen atoms in total. The lowest BCUT2D eigenvalue weighted by Crippen LogP contribution is -2.34. The van der Waals surface area contributed by atoms with Gasteiger partial charge in [0.1, 0.15) is 12.3 Å². The van der Waals surface area contributed by atoms with E-state index in [1.165, 1.54) is 6.42 Å². The minimum Gasteiger partial charge on any atom is -0.480 e. The van der Waals surface area contributed by atoms with E-state index in [0.717, 1.165) is 12.8 Å². The van der Waals surface area contributed by atoms with Gasteiger partial charge >= 0.3 is 17.9 Å². The van der Waals surface area contributed by atoms with Gasteiger partial charge in [0.05, 0.1) is 24.8 Å². The Kier molecular flexibility index (Phi) is 18.0. The molecule has 3 atom stereocenters. The number of aliphatic carboxylic acids is 3. The lowest BCUT2D eigenvalue weighted by molar-refractivity contribution is -0.139. The molecule has 0 aliphatic carbocycles. The van der Waals surface area contributed by atoms with Crippen molar-refractivity contribution in [3.8, 4) is 0 Å². The summed E-state index contributed by atoms with van der Waals surface area (Å²) in [5, 5.41) is 33.7. The van der Waals surface area contributed by atoms with E-state index in [4.69, 9.17) is 30.9 Å². The zero-order valence-corrected chi connectivity index (χ0v) is 19.3. The van der Waals surface area contributed by atoms with E-state index < -0.39 is 23.9 Å². The molecule has 0 saturated carbocycles. The number of hydrogen-bond acceptors (Lipinski definition) is 8. The molecule has 1 fully saturated rings. The average molecular weight is 462 g/mol. The second-order valence-electron chi connectivity index (χ2n) is 7.38. The van der Waals surface area contributed by atoms with Crippen LogP contribution in [0.4, 0.5) is 0 Å². The molecule has 2 rings (SSSR count). The maximum Gasteiger partial charge on any atom is 0.333 e. The monoisotopic (exact) mass is 461 g/mol. The molecule has 2 aliphatic heterocycles. The number of carboxylic acid groups (broad SMARTS) is 3. The molecule has 0 spiro atoms. The van der Waals surface area contributed by atoms with Crippen LogP contribution < -0.4 is 11.5 Å². The van der Waals surface area contributed by atoms with Gasteiger partial charge in [-0.25, -0.2) is 4.79 Å². The molecule has 0 amide bonds. The largest absolute Gasteiger partial charge is 0.480 e. The Morgan fingerprint density at radius 1 is 1.19 bits per heavy atom. The fourth-order valence-corrected chi connectivity index (χ4v) is 2.22. The highest BCUT2D eigenvalue weighted by molar-refractivity contribution is 5.87. The van der Waals surface area contributed by atoms with Gasteiger partial charge in [-0.05, 0) is 18.8 Å². The second kappa shape index (κ2) is 18.1. The molecule has 0 bridgehead atoms. The molecule has 0 radical (unpaired) electrons. The molecule has 2 heterocycles. The van der Waals surface area contributed by atoms with Crippen molar-refractivity contribution in [1.82, 2.24) is 4.90 Å². The molecule has 8 N–H and O–H groups in total. The smallest absolute Gasteiger partial charge is 0.333 e. The summed E-state index contributed by atoms with van der Waals surface area (Å²) >= 11 is 0. The Morgan fingerprint density at radius 3 is 2.03 bits per heavy atom. The van der Waals surface area contributed by atoms with Crippen molar-refractivity contribution in [3.05, 3.63) is 24.0 Å². The molecule has 1 saturated heterocycles. The third-order valence-corrected chi connectivity index (χ3v) is 3.99. The van der Waals surface area contributed by atoms with Crippen LogP contribution in [0.1, 0.15) is 53.4 Å². The van der Waals surface area contributed by atoms with E-state index in [1.54, 1.807) is 31.0 Å². The van der Waals surface area contributed by atoms with Crippen molar-refractivity contribution >= 4 is 17.9 Å². The first-order valence-electron chi connectivity index (χ1n) is 10.5. The molecule has 32 heavy (non-hydrogen) atoms. The van der Waals surface area contributed by atoms with Gasteiger partial charge in [-0.1, -0.05) is 40.2 Å². The van der Waals surface area contributed by atoms with E-state index >= 15 is 0 Å². The van der Waals surface area contributed by atoms with Crippen molar-refractivity contribution in [1.29, 1.82) is 0 Å². The number of ether oxygens (including phenoxy) is 1. The van der Waals surface area contributed by atoms with Crippen LogP contribution in [0, 0.1) is 5.92 Å². The predicted octanol–water partition coefficient (Wildman–Crippen LogP) is 1.17. The lowest BCUT2D eigenvalue weighted by Gasteiger charge is -2.26. The highest BCUT2D eigenvalue weighted by atomic mass is 16.5. The maximum atomic E-state index is 10.8. The topological polar surface area (TPSA) is 197 Å². The van der Waals surface area contributed by atoms with Crippen LogP contribution in [0.2, 0.25) is 0 Å². The first-order valence-corrected chi connectivity index (χ1v) is 10.5. The molecule has 2 aliphatic rings. The van der Waals surface area contributed by atoms with Crippen molar-refractivity contribution in [2.24, 2.45) is 17.4 Å². The third-order valence-electron chi connectivity index (χ3n) is 3.99. The maximum absolute atomic E-state index is 10.8. The summed E-state index contributed by atoms with van der Waals surface area (Å²) in [6, 6.07) is -0.713. The van der Waals surface area contributed by atoms with Crippen molar-refractivity contribution < 1.29 is 39.5 Å². The molecule has 0 aromatic rings. The second-order valence-corrected chi connectivity index (χ2v) is 7.38. The van der Waals surface area contributed by atoms with Crippen molar-refractivity contribution in [2.45, 2.75) is 71.8 Å². The first-order chi connectivity index (χ1) is 14.9. The van der Waals surface area contributed by atoms with E-state index in [0.29, 0.717) is 12.0 Å². The van der Waals surface area contributed by atoms with Crippen molar-refractivity contribution in [3.63, 3.8) is 0 Å². The summed E-state index contributed by atoms with van der Waals surface area (Å²) in [5.41, 5.74) is 10.1. The van der Waals surface area contributed by atoms with Crippen LogP contribution in [0.15, 0.2) is 24.0 Å². The predicted molar refractivity (Wildman–Crippen MR) is 119 cm³/mol. The van der Waals surface area contributed by atoms with Crippen LogP contribution in [0.25, 0.3) is 0 Å². The minimum absolute atomic E-state index is 0.0174. The molecule has 0 aromatic carbocycles. The minimum atomic E-state index is -0.968. The van der Waals surface area contributed by atoms with Crippen LogP contribution in [-0.2, 0) is 19.1 Å². The fourth-order valence-electron chi connectivity index (χ4n) is 2.22. The Hall–Kier alpha value is -2.47. The number of nitrogens with zero attached hydrogens (tertiary/aromatic N) is 1. The van der Waals surface area contributed by atoms with Crippen LogP contribution in [0.3, 0.4) is 0 Å². The standard InChI is InChI=1S/C11H15NO4.C5H11NO2.C3H8.C2H5NO2/c13-7-9-3-4-10(16-9)12-5-1-2-8(6-12)11(14)15;1-3(2)4(6)5(7)8;1-3-2;3-1-2(4)5/h1,5-6,9-10,13H,2-4,7H2,(H,14,15);3-4H,6H2,1-2H3,(H,7,8);3H2,1-2H3;1,3H2,(H,4,5). The summed E-state index contributed by atoms with van der Waals surface area (Å²) in [5.74, 6) is -2.77. The number of hydrogen-bond donors (Lipinski definition) is 6. The highest BCUT2D eigenvalue weighted by Crippen LogP contribution is 2.25. The Bertz CT molecular complexity index is 622. The molecular formula is C21H39N3O8. The molecule has 186 valence electrons. The zero-order chi connectivity index (χ0) is 25.3. The van der Waals surface area contributed by atoms with Gasteiger partial charge < -0.3 is 41.5 Å². The van der Waals surface area contributed by atoms with Gasteiger partial charge in [0.25, 0.3) is 0 Å². The van der Waals surface area contributed by atoms with Gasteiger partial charge in [-0.2, -0.15) is 0 Å². The fraction of sp³-hybridized carbons (Fsp3) is 0.667. The van der Waals surface area contributed by atoms with Crippen LogP contribution >= 0.6 is 0 Å². The van der Waals surface area contributed by atoms with Crippen molar-refractivity contribution in [2.75, 3.05) is 13.2 Å². The molecule has 11 heteroatoms. The summed E-state index contributed by atoms with van der Waals surface area (Å²) in [7, 11) is 0. The average Bonchev–Trinajstić information content (AvgIpc) is 3.24. The number of allylic oxidation sites excluding steroid dienone is 1. The van der Waals surface area contributed by atoms with E-state index in [2.05, 4.69) is 19.6 Å². The number of aliphatic hydroxyl groups excluding tert-OH is 1. The van der Waals surface area contributed by atoms with Gasteiger partial charge in [-0.15, -0.1) is 0 Å². The number of nitrogens with two attached hydrogens (primary N) is 2. The Labute approximate surface area is 189 Å². The Morgan fingerprint density at radius 2 is 1.72 bits per heavy atom. The van der Waals surface area contributed by atoms with E-state index in [1.807, 2.05) is 6.20 Å². The number of carboxylic acids is 3. The quantitative estimate of drug-likeness (QED) is 0.332. The Balaban J connectivity index is 0. The van der Waals surface area contributed by atoms with E-state index in [-0.39, 0.29) is 31.4 Å². The van der Waals surface area contributed by atoms with Gasteiger partial charge in [0.15, 0.2) is 0 Å². The molecule has 3 unspecified atom stereocenters. The van der Waals surface area contributed by atoms with Gasteiger partial charge in [-0.3, -0.25) is 9.59 Å². The third kappa shape index (κ3) is 14.5. The summed E-state index contributed by atoms with van der Waals surface area (Å²) in [6.07, 6.45) is 8.27. The van der Waals surface area contributed by atoms with Gasteiger partial charge in [0.2, 0.25) is 0 Å². The SMILES string of the molecule is CC(C)C(N)C(=O)O.CCC.NCC(=O)O.O=C(O)C1=CN(C2CCC(CO)O2)C=CC1. The van der Waals surface area contributed by atoms with Crippen LogP contribution in [-0.4, -0.2) is 74.8 Å². The summed E-state index contributed by atoms with van der Waals surface area (Å²) in [6.45, 7) is 7.54. The number of carbonyl (C=O) groups is 3. The first kappa shape index (κ1) is 31.7.